The van der Waals surface area contributed by atoms with Crippen molar-refractivity contribution in [2.24, 2.45) is 5.92 Å². The Morgan fingerprint density at radius 3 is 2.10 bits per heavy atom. The molecule has 0 spiro atoms. The fraction of sp³-hybridized carbons (Fsp3) is 0.296. The molecule has 3 aromatic carbocycles. The minimum Gasteiger partial charge on any atom is -0.508 e. The molecule has 3 nitrogen and oxygen atoms in total. The Hall–Kier alpha value is -3.07. The monoisotopic (exact) mass is 402 g/mol. The van der Waals surface area contributed by atoms with Gasteiger partial charge in [-0.2, -0.15) is 0 Å². The number of benzene rings is 3. The summed E-state index contributed by atoms with van der Waals surface area (Å²) in [5.74, 6) is 1.38. The van der Waals surface area contributed by atoms with E-state index in [1.54, 1.807) is 24.3 Å². The quantitative estimate of drug-likeness (QED) is 0.369. The Balaban J connectivity index is 0.000000310. The summed E-state index contributed by atoms with van der Waals surface area (Å²) in [5.41, 5.74) is 2.27. The molecular weight excluding hydrogens is 372 g/mol. The number of aldehydes is 1. The fourth-order valence-corrected chi connectivity index (χ4v) is 4.02. The summed E-state index contributed by atoms with van der Waals surface area (Å²) >= 11 is 0. The van der Waals surface area contributed by atoms with Gasteiger partial charge < -0.3 is 14.6 Å². The van der Waals surface area contributed by atoms with Crippen LogP contribution in [0.3, 0.4) is 0 Å². The number of carbonyl (C=O) groups excluding carboxylic acids is 1. The van der Waals surface area contributed by atoms with Gasteiger partial charge in [-0.05, 0) is 35.7 Å². The van der Waals surface area contributed by atoms with Crippen molar-refractivity contribution in [1.82, 2.24) is 0 Å². The molecule has 1 heterocycles. The maximum Gasteiger partial charge on any atom is 0.134 e. The van der Waals surface area contributed by atoms with Gasteiger partial charge in [-0.15, -0.1) is 0 Å². The van der Waals surface area contributed by atoms with E-state index >= 15 is 0 Å². The highest BCUT2D eigenvalue weighted by Crippen LogP contribution is 2.47. The van der Waals surface area contributed by atoms with E-state index in [-0.39, 0.29) is 17.9 Å². The molecule has 0 amide bonds. The first kappa shape index (κ1) is 21.6. The second kappa shape index (κ2) is 11.2. The average Bonchev–Trinajstić information content (AvgIpc) is 2.80. The van der Waals surface area contributed by atoms with Crippen molar-refractivity contribution in [3.63, 3.8) is 0 Å². The number of hydrogen-bond donors (Lipinski definition) is 1. The Kier molecular flexibility index (Phi) is 8.08. The molecule has 1 N–H and O–H groups in total. The molecule has 0 saturated carbocycles. The molecule has 0 fully saturated rings. The van der Waals surface area contributed by atoms with E-state index in [2.05, 4.69) is 25.1 Å². The Bertz CT molecular complexity index is 892. The van der Waals surface area contributed by atoms with E-state index in [0.717, 1.165) is 30.4 Å². The van der Waals surface area contributed by atoms with Crippen molar-refractivity contribution in [3.05, 3.63) is 96.1 Å². The van der Waals surface area contributed by atoms with Gasteiger partial charge in [0.2, 0.25) is 0 Å². The summed E-state index contributed by atoms with van der Waals surface area (Å²) in [6.07, 6.45) is 5.52. The van der Waals surface area contributed by atoms with Gasteiger partial charge in [-0.3, -0.25) is 0 Å². The molecule has 1 aliphatic heterocycles. The standard InChI is InChI=1S/C21H24O2.C6H6O/c1-2-3-5-12-17-18-13-8-9-14-20(18)23-21(19(17)15-22)16-10-6-4-7-11-16;7-6-4-2-1-3-5-6/h4,6-11,13-15,17,19,21H,2-3,5,12H2,1H3;1-5,7H. The average molecular weight is 403 g/mol. The van der Waals surface area contributed by atoms with Gasteiger partial charge >= 0.3 is 0 Å². The first-order valence-corrected chi connectivity index (χ1v) is 10.7. The summed E-state index contributed by atoms with van der Waals surface area (Å²) in [6.45, 7) is 2.21. The Morgan fingerprint density at radius 2 is 1.50 bits per heavy atom. The summed E-state index contributed by atoms with van der Waals surface area (Å²) in [5, 5.41) is 8.63. The summed E-state index contributed by atoms with van der Waals surface area (Å²) in [6, 6.07) is 27.0. The maximum atomic E-state index is 11.9. The van der Waals surface area contributed by atoms with Crippen LogP contribution >= 0.6 is 0 Å². The lowest BCUT2D eigenvalue weighted by Crippen LogP contribution is -2.31. The van der Waals surface area contributed by atoms with Crippen molar-refractivity contribution in [3.8, 4) is 11.5 Å². The van der Waals surface area contributed by atoms with Crippen LogP contribution in [0.4, 0.5) is 0 Å². The zero-order chi connectivity index (χ0) is 21.2. The van der Waals surface area contributed by atoms with Crippen LogP contribution in [0.1, 0.15) is 55.8 Å². The van der Waals surface area contributed by atoms with Crippen LogP contribution in [-0.2, 0) is 4.79 Å². The van der Waals surface area contributed by atoms with E-state index in [1.807, 2.05) is 42.5 Å². The first-order valence-electron chi connectivity index (χ1n) is 10.7. The number of carbonyl (C=O) groups is 1. The second-order valence-electron chi connectivity index (χ2n) is 7.64. The number of para-hydroxylation sites is 2. The fourth-order valence-electron chi connectivity index (χ4n) is 4.02. The molecule has 4 rings (SSSR count). The van der Waals surface area contributed by atoms with E-state index in [1.165, 1.54) is 18.4 Å². The van der Waals surface area contributed by atoms with E-state index in [0.29, 0.717) is 5.75 Å². The van der Waals surface area contributed by atoms with Crippen LogP contribution in [0.15, 0.2) is 84.9 Å². The van der Waals surface area contributed by atoms with Gasteiger partial charge in [-0.25, -0.2) is 0 Å². The highest BCUT2D eigenvalue weighted by molar-refractivity contribution is 5.60. The van der Waals surface area contributed by atoms with Crippen LogP contribution in [-0.4, -0.2) is 11.4 Å². The number of unbranched alkanes of at least 4 members (excludes halogenated alkanes) is 2. The normalized spacial score (nSPS) is 19.6. The van der Waals surface area contributed by atoms with Crippen molar-refractivity contribution < 1.29 is 14.6 Å². The van der Waals surface area contributed by atoms with Crippen LogP contribution < -0.4 is 4.74 Å². The lowest BCUT2D eigenvalue weighted by molar-refractivity contribution is -0.115. The first-order chi connectivity index (χ1) is 14.7. The zero-order valence-corrected chi connectivity index (χ0v) is 17.5. The van der Waals surface area contributed by atoms with Crippen molar-refractivity contribution in [1.29, 1.82) is 0 Å². The summed E-state index contributed by atoms with van der Waals surface area (Å²) in [4.78, 5) is 11.9. The number of hydrogen-bond acceptors (Lipinski definition) is 3. The molecule has 3 heteroatoms. The third-order valence-electron chi connectivity index (χ3n) is 5.55. The predicted molar refractivity (Wildman–Crippen MR) is 121 cm³/mol. The largest absolute Gasteiger partial charge is 0.508 e. The zero-order valence-electron chi connectivity index (χ0n) is 17.5. The summed E-state index contributed by atoms with van der Waals surface area (Å²) < 4.78 is 6.23. The molecule has 30 heavy (non-hydrogen) atoms. The molecule has 0 aromatic heterocycles. The molecule has 0 radical (unpaired) electrons. The number of phenols is 1. The predicted octanol–water partition coefficient (Wildman–Crippen LogP) is 6.69. The third-order valence-corrected chi connectivity index (χ3v) is 5.55. The lowest BCUT2D eigenvalue weighted by Gasteiger charge is -2.37. The van der Waals surface area contributed by atoms with Crippen molar-refractivity contribution >= 4 is 6.29 Å². The molecule has 0 aliphatic carbocycles. The number of ether oxygens (including phenoxy) is 1. The molecule has 3 aromatic rings. The van der Waals surface area contributed by atoms with Gasteiger partial charge in [0.05, 0.1) is 5.92 Å². The molecule has 3 unspecified atom stereocenters. The van der Waals surface area contributed by atoms with Gasteiger partial charge in [0.25, 0.3) is 0 Å². The van der Waals surface area contributed by atoms with Gasteiger partial charge in [0.1, 0.15) is 23.9 Å². The Labute approximate surface area is 179 Å². The number of fused-ring (bicyclic) bond motifs is 1. The molecule has 0 saturated heterocycles. The van der Waals surface area contributed by atoms with E-state index < -0.39 is 0 Å². The summed E-state index contributed by atoms with van der Waals surface area (Å²) in [7, 11) is 0. The molecular formula is C27H30O3. The SMILES string of the molecule is CCCCCC1c2ccccc2OC(c2ccccc2)C1C=O.Oc1ccccc1. The maximum absolute atomic E-state index is 11.9. The molecule has 156 valence electrons. The van der Waals surface area contributed by atoms with Crippen LogP contribution in [0.5, 0.6) is 11.5 Å². The van der Waals surface area contributed by atoms with E-state index in [9.17, 15) is 4.79 Å². The third kappa shape index (κ3) is 5.50. The molecule has 3 atom stereocenters. The van der Waals surface area contributed by atoms with Gasteiger partial charge in [0, 0.05) is 5.92 Å². The minimum absolute atomic E-state index is 0.121. The molecule has 0 bridgehead atoms. The number of aromatic hydroxyl groups is 1. The van der Waals surface area contributed by atoms with Crippen LogP contribution in [0.25, 0.3) is 0 Å². The van der Waals surface area contributed by atoms with E-state index in [4.69, 9.17) is 9.84 Å². The molecule has 1 aliphatic rings. The lowest BCUT2D eigenvalue weighted by atomic mass is 9.76. The number of rotatable bonds is 6. The van der Waals surface area contributed by atoms with Gasteiger partial charge in [0.15, 0.2) is 0 Å². The second-order valence-corrected chi connectivity index (χ2v) is 7.64. The highest BCUT2D eigenvalue weighted by atomic mass is 16.5. The Morgan fingerprint density at radius 1 is 0.867 bits per heavy atom. The van der Waals surface area contributed by atoms with Crippen molar-refractivity contribution in [2.45, 2.75) is 44.6 Å². The van der Waals surface area contributed by atoms with Crippen molar-refractivity contribution in [2.75, 3.05) is 0 Å². The van der Waals surface area contributed by atoms with Crippen LogP contribution in [0, 0.1) is 5.92 Å². The van der Waals surface area contributed by atoms with Crippen LogP contribution in [0.2, 0.25) is 0 Å². The smallest absolute Gasteiger partial charge is 0.134 e. The topological polar surface area (TPSA) is 46.5 Å². The number of phenolic OH excluding ortho intramolecular Hbond substituents is 1. The van der Waals surface area contributed by atoms with Gasteiger partial charge in [-0.1, -0.05) is 92.9 Å². The minimum atomic E-state index is -0.185. The highest BCUT2D eigenvalue weighted by Gasteiger charge is 2.38.